The van der Waals surface area contributed by atoms with Gasteiger partial charge in [0.15, 0.2) is 0 Å². The molecule has 0 amide bonds. The third kappa shape index (κ3) is 8.77. The first-order valence-electron chi connectivity index (χ1n) is 8.43. The smallest absolute Gasteiger partial charge is 0.862 e. The monoisotopic (exact) mass is 555 g/mol. The summed E-state index contributed by atoms with van der Waals surface area (Å²) in [4.78, 5) is 11.7. The molecule has 0 bridgehead atoms. The Labute approximate surface area is 181 Å². The van der Waals surface area contributed by atoms with Crippen LogP contribution in [-0.4, -0.2) is 16.8 Å². The van der Waals surface area contributed by atoms with E-state index in [1.54, 1.807) is 24.3 Å². The van der Waals surface area contributed by atoms with Gasteiger partial charge < -0.3 is 10.2 Å². The molecule has 3 aromatic rings. The van der Waals surface area contributed by atoms with Crippen molar-refractivity contribution in [3.63, 3.8) is 0 Å². The Kier molecular flexibility index (Phi) is 10.5. The van der Waals surface area contributed by atoms with E-state index in [1.807, 2.05) is 42.6 Å². The van der Waals surface area contributed by atoms with Crippen LogP contribution < -0.4 is 10.2 Å². The summed E-state index contributed by atoms with van der Waals surface area (Å²) < 4.78 is 0. The van der Waals surface area contributed by atoms with E-state index in [-0.39, 0.29) is 34.2 Å². The van der Waals surface area contributed by atoms with Crippen molar-refractivity contribution in [3.8, 4) is 0 Å². The quantitative estimate of drug-likeness (QED) is 0.215. The molecule has 0 saturated heterocycles. The minimum Gasteiger partial charge on any atom is -0.862 e. The number of pyridine rings is 1. The average Bonchev–Trinajstić information content (AvgIpc) is 2.65. The maximum Gasteiger partial charge on any atom is 3.00 e. The van der Waals surface area contributed by atoms with E-state index < -0.39 is 0 Å². The summed E-state index contributed by atoms with van der Waals surface area (Å²) in [5.74, 6) is -0.618. The van der Waals surface area contributed by atoms with E-state index in [0.717, 1.165) is 12.1 Å². The van der Waals surface area contributed by atoms with Crippen LogP contribution in [0.2, 0.25) is 0 Å². The molecule has 0 unspecified atom stereocenters. The van der Waals surface area contributed by atoms with Crippen molar-refractivity contribution in [2.24, 2.45) is 9.98 Å². The van der Waals surface area contributed by atoms with Crippen LogP contribution in [0.3, 0.4) is 0 Å². The number of rotatable bonds is 4. The van der Waals surface area contributed by atoms with Gasteiger partial charge in [0.25, 0.3) is 0 Å². The molecule has 0 aliphatic rings. The molecule has 0 saturated carbocycles. The SMILES string of the molecule is CC([O-])=Nc1ccccc1N=C(C)[O-].[Au+3].[c-]1ccccc1Cc1ccccn1. The molecule has 0 N–H and O–H groups in total. The maximum absolute atomic E-state index is 10.8. The minimum atomic E-state index is -0.309. The van der Waals surface area contributed by atoms with Crippen molar-refractivity contribution >= 4 is 23.2 Å². The zero-order valence-corrected chi connectivity index (χ0v) is 17.8. The van der Waals surface area contributed by atoms with Crippen LogP contribution in [0.5, 0.6) is 0 Å². The third-order valence-electron chi connectivity index (χ3n) is 3.31. The Morgan fingerprint density at radius 2 is 1.43 bits per heavy atom. The molecule has 0 fully saturated rings. The van der Waals surface area contributed by atoms with Gasteiger partial charge in [-0.05, 0) is 56.3 Å². The van der Waals surface area contributed by atoms with Crippen LogP contribution in [-0.2, 0) is 28.8 Å². The normalized spacial score (nSPS) is 11.1. The van der Waals surface area contributed by atoms with Crippen LogP contribution in [0.1, 0.15) is 25.1 Å². The number of hydrogen-bond donors (Lipinski definition) is 0. The Morgan fingerprint density at radius 1 is 0.857 bits per heavy atom. The molecule has 6 heteroatoms. The predicted octanol–water partition coefficient (Wildman–Crippen LogP) is 2.98. The molecule has 0 radical (unpaired) electrons. The second kappa shape index (κ2) is 12.6. The molecule has 0 aliphatic carbocycles. The number of nitrogens with zero attached hydrogens (tertiary/aromatic N) is 3. The van der Waals surface area contributed by atoms with E-state index >= 15 is 0 Å². The van der Waals surface area contributed by atoms with Gasteiger partial charge >= 0.3 is 22.4 Å². The summed E-state index contributed by atoms with van der Waals surface area (Å²) in [7, 11) is 0. The van der Waals surface area contributed by atoms with Gasteiger partial charge in [0.1, 0.15) is 0 Å². The van der Waals surface area contributed by atoms with Gasteiger partial charge in [-0.3, -0.25) is 15.0 Å². The summed E-state index contributed by atoms with van der Waals surface area (Å²) in [5, 5.41) is 21.5. The molecule has 2 aromatic carbocycles. The van der Waals surface area contributed by atoms with Gasteiger partial charge in [0.2, 0.25) is 0 Å². The first kappa shape index (κ1) is 23.3. The molecule has 3 rings (SSSR count). The van der Waals surface area contributed by atoms with E-state index in [2.05, 4.69) is 27.1 Å². The summed E-state index contributed by atoms with van der Waals surface area (Å²) in [6.07, 6.45) is 2.68. The number of aliphatic imine (C=N–C) groups is 2. The van der Waals surface area contributed by atoms with E-state index in [1.165, 1.54) is 19.4 Å². The largest absolute Gasteiger partial charge is 3.00 e. The molecule has 1 aromatic heterocycles. The van der Waals surface area contributed by atoms with Crippen LogP contribution in [0.25, 0.3) is 0 Å². The van der Waals surface area contributed by atoms with Crippen molar-refractivity contribution in [1.29, 1.82) is 0 Å². The van der Waals surface area contributed by atoms with E-state index in [9.17, 15) is 10.2 Å². The molecule has 5 nitrogen and oxygen atoms in total. The standard InChI is InChI=1S/C12H10N.C10H12N2O2.Au/c1-2-6-11(7-3-1)10-12-8-4-5-9-13-12;1-7(13)11-9-5-3-4-6-10(9)12-8(2)14;/h1-6,8-9H,10H2;3-6H,1-2H3,(H,11,13)(H,12,14);/q-1;;+3/p-2. The Hall–Kier alpha value is -2.73. The molecule has 28 heavy (non-hydrogen) atoms. The van der Waals surface area contributed by atoms with Crippen molar-refractivity contribution in [3.05, 3.63) is 90.3 Å². The fourth-order valence-corrected chi connectivity index (χ4v) is 2.23. The topological polar surface area (TPSA) is 83.7 Å². The van der Waals surface area contributed by atoms with Gasteiger partial charge in [-0.2, -0.15) is 35.9 Å². The zero-order valence-electron chi connectivity index (χ0n) is 15.6. The zero-order chi connectivity index (χ0) is 19.5. The predicted molar refractivity (Wildman–Crippen MR) is 104 cm³/mol. The second-order valence-electron chi connectivity index (χ2n) is 5.64. The maximum atomic E-state index is 10.8. The van der Waals surface area contributed by atoms with Crippen LogP contribution in [0, 0.1) is 6.07 Å². The summed E-state index contributed by atoms with van der Waals surface area (Å²) in [5.41, 5.74) is 3.12. The van der Waals surface area contributed by atoms with Crippen molar-refractivity contribution in [2.75, 3.05) is 0 Å². The van der Waals surface area contributed by atoms with Gasteiger partial charge in [-0.1, -0.05) is 18.2 Å². The molecule has 0 atom stereocenters. The number of aromatic nitrogens is 1. The van der Waals surface area contributed by atoms with Crippen LogP contribution in [0.15, 0.2) is 82.9 Å². The van der Waals surface area contributed by atoms with Crippen molar-refractivity contribution < 1.29 is 32.6 Å². The first-order valence-corrected chi connectivity index (χ1v) is 8.43. The summed E-state index contributed by atoms with van der Waals surface area (Å²) in [6.45, 7) is 2.70. The number of para-hydroxylation sites is 2. The van der Waals surface area contributed by atoms with E-state index in [4.69, 9.17) is 0 Å². The molecule has 146 valence electrons. The van der Waals surface area contributed by atoms with Gasteiger partial charge in [0.05, 0.1) is 11.4 Å². The number of hydrogen-bond acceptors (Lipinski definition) is 5. The van der Waals surface area contributed by atoms with Crippen LogP contribution in [0.4, 0.5) is 11.4 Å². The number of benzene rings is 2. The molecular formula is C22H20AuN3O2. The van der Waals surface area contributed by atoms with Crippen LogP contribution >= 0.6 is 0 Å². The second-order valence-corrected chi connectivity index (χ2v) is 5.64. The van der Waals surface area contributed by atoms with Gasteiger partial charge in [-0.25, -0.2) is 0 Å². The average molecular weight is 555 g/mol. The van der Waals surface area contributed by atoms with E-state index in [0.29, 0.717) is 11.4 Å². The molecular weight excluding hydrogens is 535 g/mol. The molecule has 0 spiro atoms. The van der Waals surface area contributed by atoms with Gasteiger partial charge in [-0.15, -0.1) is 0 Å². The Morgan fingerprint density at radius 3 is 1.89 bits per heavy atom. The van der Waals surface area contributed by atoms with Crippen molar-refractivity contribution in [1.82, 2.24) is 4.98 Å². The Balaban J connectivity index is 0.000000271. The fourth-order valence-electron chi connectivity index (χ4n) is 2.23. The minimum absolute atomic E-state index is 0. The third-order valence-corrected chi connectivity index (χ3v) is 3.31. The summed E-state index contributed by atoms with van der Waals surface area (Å²) in [6, 6.07) is 23.9. The molecule has 0 aliphatic heterocycles. The summed E-state index contributed by atoms with van der Waals surface area (Å²) >= 11 is 0. The van der Waals surface area contributed by atoms with Gasteiger partial charge in [0, 0.05) is 11.9 Å². The molecule has 1 heterocycles. The first-order chi connectivity index (χ1) is 13.0. The Bertz CT molecular complexity index is 815. The van der Waals surface area contributed by atoms with Crippen molar-refractivity contribution in [2.45, 2.75) is 20.3 Å². The fraction of sp³-hybridized carbons (Fsp3) is 0.136.